The summed E-state index contributed by atoms with van der Waals surface area (Å²) in [6.45, 7) is 6.64. The van der Waals surface area contributed by atoms with Crippen molar-refractivity contribution in [3.63, 3.8) is 0 Å². The Bertz CT molecular complexity index is 678. The van der Waals surface area contributed by atoms with Gasteiger partial charge in [-0.15, -0.1) is 0 Å². The van der Waals surface area contributed by atoms with Crippen molar-refractivity contribution < 1.29 is 76.6 Å². The molecule has 0 fully saturated rings. The second-order valence-corrected chi connectivity index (χ2v) is 18.6. The van der Waals surface area contributed by atoms with Crippen LogP contribution in [-0.2, 0) is 47.3 Å². The second-order valence-electron chi connectivity index (χ2n) is 13.5. The molecule has 0 aromatic heterocycles. The molecule has 0 saturated carbocycles. The molecule has 0 bridgehead atoms. The molecule has 0 rings (SSSR count). The van der Waals surface area contributed by atoms with Crippen molar-refractivity contribution >= 4 is 22.8 Å². The summed E-state index contributed by atoms with van der Waals surface area (Å²) < 4.78 is 31.0. The molecule has 0 aliphatic heterocycles. The van der Waals surface area contributed by atoms with Crippen LogP contribution in [0.25, 0.3) is 0 Å². The third-order valence-corrected chi connectivity index (χ3v) is 10.9. The Labute approximate surface area is 329 Å². The molecule has 0 spiro atoms. The zero-order valence-electron chi connectivity index (χ0n) is 32.0. The molecular formula is C36H75Co2O9P3. The van der Waals surface area contributed by atoms with E-state index in [0.29, 0.717) is 19.3 Å². The maximum atomic E-state index is 10.3. The fourth-order valence-electron chi connectivity index (χ4n) is 5.38. The van der Waals surface area contributed by atoms with E-state index in [1.165, 1.54) is 135 Å². The molecule has 0 heterocycles. The molecule has 0 unspecified atom stereocenters. The van der Waals surface area contributed by atoms with Crippen LogP contribution in [0, 0.1) is 0 Å². The summed E-state index contributed by atoms with van der Waals surface area (Å²) in [5, 5.41) is 0. The Morgan fingerprint density at radius 1 is 0.260 bits per heavy atom. The quantitative estimate of drug-likeness (QED) is 0.0460. The van der Waals surface area contributed by atoms with Crippen LogP contribution in [0.15, 0.2) is 0 Å². The van der Waals surface area contributed by atoms with Gasteiger partial charge in [0, 0.05) is 0 Å². The van der Waals surface area contributed by atoms with E-state index in [2.05, 4.69) is 20.8 Å². The summed E-state index contributed by atoms with van der Waals surface area (Å²) >= 11 is 0. The molecule has 0 radical (unpaired) electrons. The Morgan fingerprint density at radius 2 is 0.380 bits per heavy atom. The monoisotopic (exact) mass is 862 g/mol. The number of unbranched alkanes of at least 4 members (excludes halogenated alkanes) is 27. The third kappa shape index (κ3) is 71.0. The molecule has 0 aromatic rings. The zero-order chi connectivity index (χ0) is 36.8. The number of hydrogen-bond donors (Lipinski definition) is 0. The van der Waals surface area contributed by atoms with Crippen molar-refractivity contribution in [2.24, 2.45) is 0 Å². The van der Waals surface area contributed by atoms with Gasteiger partial charge in [-0.1, -0.05) is 217 Å². The van der Waals surface area contributed by atoms with E-state index in [1.807, 2.05) is 0 Å². The summed E-state index contributed by atoms with van der Waals surface area (Å²) in [6.07, 6.45) is 33.9. The van der Waals surface area contributed by atoms with Crippen molar-refractivity contribution in [3.05, 3.63) is 0 Å². The van der Waals surface area contributed by atoms with E-state index in [4.69, 9.17) is 0 Å². The fraction of sp³-hybridized carbons (Fsp3) is 1.00. The first-order valence-corrected chi connectivity index (χ1v) is 24.9. The molecule has 14 heteroatoms. The van der Waals surface area contributed by atoms with E-state index < -0.39 is 22.8 Å². The van der Waals surface area contributed by atoms with E-state index in [-0.39, 0.29) is 52.0 Å². The van der Waals surface area contributed by atoms with Crippen molar-refractivity contribution in [2.45, 2.75) is 213 Å². The van der Waals surface area contributed by atoms with Gasteiger partial charge in [0.1, 0.15) is 0 Å². The van der Waals surface area contributed by atoms with Gasteiger partial charge in [-0.05, 0) is 37.7 Å². The van der Waals surface area contributed by atoms with Gasteiger partial charge in [0.2, 0.25) is 0 Å². The van der Waals surface area contributed by atoms with Gasteiger partial charge in [-0.25, -0.2) is 0 Å². The first-order chi connectivity index (χ1) is 22.7. The molecule has 0 N–H and O–H groups in total. The van der Waals surface area contributed by atoms with Gasteiger partial charge < -0.3 is 43.1 Å². The molecular weight excluding hydrogens is 787 g/mol. The van der Waals surface area contributed by atoms with E-state index in [0.717, 1.165) is 38.5 Å². The zero-order valence-corrected chi connectivity index (χ0v) is 36.8. The van der Waals surface area contributed by atoms with Crippen molar-refractivity contribution in [1.82, 2.24) is 0 Å². The van der Waals surface area contributed by atoms with Gasteiger partial charge in [0.15, 0.2) is 0 Å². The summed E-state index contributed by atoms with van der Waals surface area (Å²) in [6, 6.07) is 0. The topological polar surface area (TPSA) is 190 Å². The van der Waals surface area contributed by atoms with Gasteiger partial charge in [0.05, 0.1) is 0 Å². The maximum absolute atomic E-state index is 10.3. The van der Waals surface area contributed by atoms with Crippen LogP contribution in [0.2, 0.25) is 0 Å². The Balaban J connectivity index is -0.000000199. The van der Waals surface area contributed by atoms with E-state index in [9.17, 15) is 43.1 Å². The smallest absolute Gasteiger partial charge is 0.811 e. The average molecular weight is 863 g/mol. The van der Waals surface area contributed by atoms with Gasteiger partial charge in [0.25, 0.3) is 0 Å². The first-order valence-electron chi connectivity index (χ1n) is 19.7. The maximum Gasteiger partial charge on any atom is 3.00 e. The Morgan fingerprint density at radius 3 is 0.500 bits per heavy atom. The summed E-state index contributed by atoms with van der Waals surface area (Å²) in [5.41, 5.74) is 0. The van der Waals surface area contributed by atoms with Crippen LogP contribution in [0.1, 0.15) is 213 Å². The van der Waals surface area contributed by atoms with Crippen LogP contribution >= 0.6 is 22.8 Å². The SMILES string of the molecule is CCCCCCCCCCCCP(=O)([O-])[O-].CCCCCCCCCCCCP(=O)([O-])[O-].CCCCCCCCCCCCP(=O)([O-])[O-].[Co+3].[Co+3]. The van der Waals surface area contributed by atoms with Crippen LogP contribution < -0.4 is 29.4 Å². The fourth-order valence-corrected chi connectivity index (χ4v) is 7.21. The van der Waals surface area contributed by atoms with Crippen LogP contribution in [0.3, 0.4) is 0 Å². The summed E-state index contributed by atoms with van der Waals surface area (Å²) in [7, 11) is -12.7. The Kier molecular flexibility index (Phi) is 54.5. The van der Waals surface area contributed by atoms with Gasteiger partial charge in [-0.3, -0.25) is 0 Å². The first kappa shape index (κ1) is 60.7. The van der Waals surface area contributed by atoms with Crippen LogP contribution in [0.4, 0.5) is 0 Å². The molecule has 0 amide bonds. The van der Waals surface area contributed by atoms with Gasteiger partial charge in [-0.2, -0.15) is 0 Å². The standard InChI is InChI=1S/3C12H27O3P.2Co/c3*1-2-3-4-5-6-7-8-9-10-11-12-16(13,14)15;;/h3*2-12H2,1H3,(H2,13,14,15);;/q;;;2*+3/p-6. The molecule has 306 valence electrons. The van der Waals surface area contributed by atoms with E-state index >= 15 is 0 Å². The average Bonchev–Trinajstić information content (AvgIpc) is 2.99. The minimum Gasteiger partial charge on any atom is -0.811 e. The minimum atomic E-state index is -4.24. The predicted molar refractivity (Wildman–Crippen MR) is 193 cm³/mol. The molecule has 0 aliphatic carbocycles. The molecule has 50 heavy (non-hydrogen) atoms. The molecule has 0 atom stereocenters. The molecule has 0 saturated heterocycles. The largest absolute Gasteiger partial charge is 3.00 e. The minimum absolute atomic E-state index is 0. The van der Waals surface area contributed by atoms with E-state index in [1.54, 1.807) is 0 Å². The third-order valence-electron chi connectivity index (χ3n) is 8.36. The second kappa shape index (κ2) is 44.9. The van der Waals surface area contributed by atoms with Crippen molar-refractivity contribution in [1.29, 1.82) is 0 Å². The van der Waals surface area contributed by atoms with Crippen molar-refractivity contribution in [3.8, 4) is 0 Å². The number of hydrogen-bond acceptors (Lipinski definition) is 9. The Hall–Kier alpha value is 1.46. The normalized spacial score (nSPS) is 11.5. The van der Waals surface area contributed by atoms with Crippen molar-refractivity contribution in [2.75, 3.05) is 18.5 Å². The molecule has 9 nitrogen and oxygen atoms in total. The van der Waals surface area contributed by atoms with Gasteiger partial charge >= 0.3 is 33.6 Å². The van der Waals surface area contributed by atoms with Crippen LogP contribution in [-0.4, -0.2) is 18.5 Å². The van der Waals surface area contributed by atoms with Crippen LogP contribution in [0.5, 0.6) is 0 Å². The number of rotatable bonds is 33. The predicted octanol–water partition coefficient (Wildman–Crippen LogP) is 8.46. The molecule has 0 aliphatic rings. The molecule has 0 aromatic carbocycles. The summed E-state index contributed by atoms with van der Waals surface area (Å²) in [5.74, 6) is 0. The summed E-state index contributed by atoms with van der Waals surface area (Å²) in [4.78, 5) is 62.0.